The van der Waals surface area contributed by atoms with E-state index in [2.05, 4.69) is 9.97 Å². The van der Waals surface area contributed by atoms with Gasteiger partial charge in [0.25, 0.3) is 5.91 Å². The molecule has 23 heavy (non-hydrogen) atoms. The minimum absolute atomic E-state index is 0.0591. The minimum Gasteiger partial charge on any atom is -0.497 e. The lowest BCUT2D eigenvalue weighted by molar-refractivity contribution is -0.139. The Kier molecular flexibility index (Phi) is 4.32. The number of benzene rings is 1. The molecule has 1 aliphatic heterocycles. The molecule has 0 aliphatic carbocycles. The Labute approximate surface area is 134 Å². The lowest BCUT2D eigenvalue weighted by Gasteiger charge is -2.33. The second-order valence-electron chi connectivity index (χ2n) is 5.46. The highest BCUT2D eigenvalue weighted by molar-refractivity contribution is 5.96. The molecule has 0 spiro atoms. The molecule has 6 heteroatoms. The van der Waals surface area contributed by atoms with E-state index in [1.807, 2.05) is 31.2 Å². The standard InChI is InChI=1S/C17H19N3O3/c1-12-9-20(10-13-3-5-15(22-2)6-4-13)17(21)16(23-12)7-14-8-18-11-19-14/h3-8,11-12H,9-10H2,1-2H3,(H,18,19). The third-order valence-electron chi connectivity index (χ3n) is 3.63. The molecule has 1 amide bonds. The maximum atomic E-state index is 12.6. The number of carbonyl (C=O) groups is 1. The van der Waals surface area contributed by atoms with Crippen LogP contribution in [-0.4, -0.2) is 40.5 Å². The van der Waals surface area contributed by atoms with Crippen molar-refractivity contribution in [3.05, 3.63) is 53.8 Å². The Morgan fingerprint density at radius 2 is 2.22 bits per heavy atom. The zero-order chi connectivity index (χ0) is 16.2. The van der Waals surface area contributed by atoms with Crippen LogP contribution in [0.5, 0.6) is 5.75 Å². The molecule has 0 saturated carbocycles. The van der Waals surface area contributed by atoms with Crippen LogP contribution in [0.1, 0.15) is 18.2 Å². The first-order valence-corrected chi connectivity index (χ1v) is 7.45. The number of morpholine rings is 1. The van der Waals surface area contributed by atoms with Crippen LogP contribution in [0, 0.1) is 0 Å². The van der Waals surface area contributed by atoms with Gasteiger partial charge in [0.2, 0.25) is 0 Å². The van der Waals surface area contributed by atoms with Gasteiger partial charge >= 0.3 is 0 Å². The van der Waals surface area contributed by atoms with Crippen LogP contribution in [0.4, 0.5) is 0 Å². The largest absolute Gasteiger partial charge is 0.497 e. The monoisotopic (exact) mass is 313 g/mol. The molecule has 1 saturated heterocycles. The molecule has 120 valence electrons. The zero-order valence-corrected chi connectivity index (χ0v) is 13.2. The highest BCUT2D eigenvalue weighted by atomic mass is 16.5. The van der Waals surface area contributed by atoms with E-state index in [4.69, 9.17) is 9.47 Å². The van der Waals surface area contributed by atoms with Crippen LogP contribution < -0.4 is 4.74 Å². The van der Waals surface area contributed by atoms with E-state index in [0.29, 0.717) is 24.5 Å². The van der Waals surface area contributed by atoms with Gasteiger partial charge in [0.1, 0.15) is 11.9 Å². The fourth-order valence-corrected chi connectivity index (χ4v) is 2.52. The van der Waals surface area contributed by atoms with Gasteiger partial charge in [-0.2, -0.15) is 0 Å². The van der Waals surface area contributed by atoms with Crippen LogP contribution in [0.2, 0.25) is 0 Å². The first kappa shape index (κ1) is 15.1. The Hall–Kier alpha value is -2.76. The average Bonchev–Trinajstić information content (AvgIpc) is 3.05. The van der Waals surface area contributed by atoms with Crippen LogP contribution >= 0.6 is 0 Å². The predicted molar refractivity (Wildman–Crippen MR) is 85.5 cm³/mol. The lowest BCUT2D eigenvalue weighted by Crippen LogP contribution is -2.43. The van der Waals surface area contributed by atoms with E-state index < -0.39 is 0 Å². The molecule has 1 unspecified atom stereocenters. The number of hydrogen-bond acceptors (Lipinski definition) is 4. The fourth-order valence-electron chi connectivity index (χ4n) is 2.52. The summed E-state index contributed by atoms with van der Waals surface area (Å²) in [5.74, 6) is 1.00. The van der Waals surface area contributed by atoms with E-state index in [1.165, 1.54) is 0 Å². The number of aromatic amines is 1. The topological polar surface area (TPSA) is 67.5 Å². The Balaban J connectivity index is 1.76. The number of carbonyl (C=O) groups excluding carboxylic acids is 1. The first-order valence-electron chi connectivity index (χ1n) is 7.45. The van der Waals surface area contributed by atoms with E-state index in [1.54, 1.807) is 30.6 Å². The summed E-state index contributed by atoms with van der Waals surface area (Å²) in [6.45, 7) is 3.04. The van der Waals surface area contributed by atoms with Crippen LogP contribution in [0.3, 0.4) is 0 Å². The number of amides is 1. The first-order chi connectivity index (χ1) is 11.2. The number of methoxy groups -OCH3 is 1. The fraction of sp³-hybridized carbons (Fsp3) is 0.294. The molecule has 3 rings (SSSR count). The van der Waals surface area contributed by atoms with Gasteiger partial charge in [-0.1, -0.05) is 12.1 Å². The number of imidazole rings is 1. The highest BCUT2D eigenvalue weighted by Gasteiger charge is 2.29. The van der Waals surface area contributed by atoms with Gasteiger partial charge in [-0.25, -0.2) is 4.98 Å². The van der Waals surface area contributed by atoms with Gasteiger partial charge in [0, 0.05) is 18.8 Å². The van der Waals surface area contributed by atoms with Crippen molar-refractivity contribution < 1.29 is 14.3 Å². The van der Waals surface area contributed by atoms with E-state index in [-0.39, 0.29) is 12.0 Å². The van der Waals surface area contributed by atoms with Crippen molar-refractivity contribution in [2.45, 2.75) is 19.6 Å². The second kappa shape index (κ2) is 6.56. The van der Waals surface area contributed by atoms with Crippen molar-refractivity contribution >= 4 is 12.0 Å². The Morgan fingerprint density at radius 1 is 1.43 bits per heavy atom. The second-order valence-corrected chi connectivity index (χ2v) is 5.46. The van der Waals surface area contributed by atoms with Crippen LogP contribution in [0.15, 0.2) is 42.5 Å². The minimum atomic E-state index is -0.123. The molecule has 2 aromatic rings. The lowest BCUT2D eigenvalue weighted by atomic mass is 10.1. The number of nitrogens with one attached hydrogen (secondary N) is 1. The molecule has 1 fully saturated rings. The molecule has 1 aliphatic rings. The maximum absolute atomic E-state index is 12.6. The highest BCUT2D eigenvalue weighted by Crippen LogP contribution is 2.21. The van der Waals surface area contributed by atoms with E-state index >= 15 is 0 Å². The number of aromatic nitrogens is 2. The maximum Gasteiger partial charge on any atom is 0.289 e. The Morgan fingerprint density at radius 3 is 2.87 bits per heavy atom. The molecule has 0 radical (unpaired) electrons. The van der Waals surface area contributed by atoms with Gasteiger partial charge in [-0.15, -0.1) is 0 Å². The number of H-pyrrole nitrogens is 1. The summed E-state index contributed by atoms with van der Waals surface area (Å²) < 4.78 is 10.8. The number of ether oxygens (including phenoxy) is 2. The summed E-state index contributed by atoms with van der Waals surface area (Å²) in [5.41, 5.74) is 1.72. The number of nitrogens with zero attached hydrogens (tertiary/aromatic N) is 2. The van der Waals surface area contributed by atoms with Crippen molar-refractivity contribution in [2.24, 2.45) is 0 Å². The van der Waals surface area contributed by atoms with Gasteiger partial charge in [0.15, 0.2) is 5.76 Å². The molecule has 1 N–H and O–H groups in total. The smallest absolute Gasteiger partial charge is 0.289 e. The quantitative estimate of drug-likeness (QED) is 0.879. The molecule has 2 heterocycles. The summed E-state index contributed by atoms with van der Waals surface area (Å²) in [7, 11) is 1.63. The summed E-state index contributed by atoms with van der Waals surface area (Å²) in [6.07, 6.45) is 4.89. The summed E-state index contributed by atoms with van der Waals surface area (Å²) in [6, 6.07) is 7.71. The molecule has 1 aromatic heterocycles. The molecule has 1 atom stereocenters. The molecule has 1 aromatic carbocycles. The SMILES string of the molecule is COc1ccc(CN2CC(C)OC(=Cc3c[nH]cn3)C2=O)cc1. The van der Waals surface area contributed by atoms with E-state index in [0.717, 1.165) is 11.3 Å². The molecular weight excluding hydrogens is 294 g/mol. The van der Waals surface area contributed by atoms with Crippen molar-refractivity contribution in [2.75, 3.05) is 13.7 Å². The normalized spacial score (nSPS) is 19.7. The van der Waals surface area contributed by atoms with Gasteiger partial charge in [-0.3, -0.25) is 4.79 Å². The number of hydrogen-bond donors (Lipinski definition) is 1. The van der Waals surface area contributed by atoms with Gasteiger partial charge in [-0.05, 0) is 24.6 Å². The van der Waals surface area contributed by atoms with Crippen LogP contribution in [0.25, 0.3) is 6.08 Å². The summed E-state index contributed by atoms with van der Waals surface area (Å²) in [4.78, 5) is 21.3. The third-order valence-corrected chi connectivity index (χ3v) is 3.63. The zero-order valence-electron chi connectivity index (χ0n) is 13.2. The number of rotatable bonds is 4. The predicted octanol–water partition coefficient (Wildman–Crippen LogP) is 2.21. The van der Waals surface area contributed by atoms with Crippen molar-refractivity contribution in [1.82, 2.24) is 14.9 Å². The van der Waals surface area contributed by atoms with E-state index in [9.17, 15) is 4.79 Å². The summed E-state index contributed by atoms with van der Waals surface area (Å²) in [5, 5.41) is 0. The summed E-state index contributed by atoms with van der Waals surface area (Å²) >= 11 is 0. The van der Waals surface area contributed by atoms with Gasteiger partial charge < -0.3 is 19.4 Å². The molecule has 0 bridgehead atoms. The van der Waals surface area contributed by atoms with Crippen LogP contribution in [-0.2, 0) is 16.1 Å². The van der Waals surface area contributed by atoms with Crippen molar-refractivity contribution in [3.63, 3.8) is 0 Å². The van der Waals surface area contributed by atoms with Gasteiger partial charge in [0.05, 0.1) is 25.7 Å². The third kappa shape index (κ3) is 3.53. The Bertz CT molecular complexity index is 692. The van der Waals surface area contributed by atoms with Crippen molar-refractivity contribution in [1.29, 1.82) is 0 Å². The van der Waals surface area contributed by atoms with Crippen molar-refractivity contribution in [3.8, 4) is 5.75 Å². The molecular formula is C17H19N3O3. The average molecular weight is 313 g/mol. The molecule has 6 nitrogen and oxygen atoms in total.